The maximum absolute atomic E-state index is 11.6. The molecule has 1 saturated heterocycles. The van der Waals surface area contributed by atoms with Crippen LogP contribution in [0.1, 0.15) is 31.3 Å². The van der Waals surface area contributed by atoms with E-state index in [2.05, 4.69) is 10.4 Å². The van der Waals surface area contributed by atoms with E-state index in [9.17, 15) is 4.79 Å². The van der Waals surface area contributed by atoms with Gasteiger partial charge in [-0.15, -0.1) is 0 Å². The van der Waals surface area contributed by atoms with Crippen LogP contribution in [-0.4, -0.2) is 34.4 Å². The van der Waals surface area contributed by atoms with Gasteiger partial charge in [0.15, 0.2) is 6.10 Å². The third kappa shape index (κ3) is 2.66. The van der Waals surface area contributed by atoms with Gasteiger partial charge in [0.25, 0.3) is 5.91 Å². The molecule has 1 aromatic rings. The molecular formula is C12H19N3O2. The van der Waals surface area contributed by atoms with E-state index in [1.54, 1.807) is 0 Å². The first-order valence-corrected chi connectivity index (χ1v) is 5.95. The fourth-order valence-electron chi connectivity index (χ4n) is 1.99. The number of rotatable bonds is 4. The number of carbonyl (C=O) groups excluding carboxylic acids is 1. The molecule has 0 radical (unpaired) electrons. The predicted molar refractivity (Wildman–Crippen MR) is 63.8 cm³/mol. The Hall–Kier alpha value is -1.36. The van der Waals surface area contributed by atoms with Gasteiger partial charge in [0.05, 0.1) is 17.8 Å². The van der Waals surface area contributed by atoms with Crippen molar-refractivity contribution in [3.8, 4) is 0 Å². The van der Waals surface area contributed by atoms with Crippen LogP contribution in [0.3, 0.4) is 0 Å². The number of hydrogen-bond acceptors (Lipinski definition) is 3. The normalized spacial score (nSPS) is 24.5. The van der Waals surface area contributed by atoms with E-state index in [4.69, 9.17) is 4.74 Å². The van der Waals surface area contributed by atoms with Crippen LogP contribution in [0.25, 0.3) is 0 Å². The number of aromatic nitrogens is 2. The van der Waals surface area contributed by atoms with Crippen molar-refractivity contribution in [2.45, 2.75) is 45.9 Å². The van der Waals surface area contributed by atoms with Crippen LogP contribution >= 0.6 is 0 Å². The van der Waals surface area contributed by atoms with Crippen LogP contribution in [0.4, 0.5) is 0 Å². The largest absolute Gasteiger partial charge is 0.359 e. The van der Waals surface area contributed by atoms with E-state index in [0.29, 0.717) is 6.54 Å². The fraction of sp³-hybridized carbons (Fsp3) is 0.667. The molecule has 5 heteroatoms. The molecule has 1 aromatic heterocycles. The number of amides is 1. The molecule has 0 aromatic carbocycles. The lowest BCUT2D eigenvalue weighted by Crippen LogP contribution is -2.33. The Kier molecular flexibility index (Phi) is 3.19. The van der Waals surface area contributed by atoms with Crippen molar-refractivity contribution in [1.82, 2.24) is 15.1 Å². The average molecular weight is 237 g/mol. The summed E-state index contributed by atoms with van der Waals surface area (Å²) < 4.78 is 7.05. The van der Waals surface area contributed by atoms with E-state index < -0.39 is 0 Å². The number of nitrogens with one attached hydrogen (secondary N) is 1. The monoisotopic (exact) mass is 237 g/mol. The van der Waals surface area contributed by atoms with Gasteiger partial charge < -0.3 is 10.1 Å². The summed E-state index contributed by atoms with van der Waals surface area (Å²) in [6.07, 6.45) is -0.179. The summed E-state index contributed by atoms with van der Waals surface area (Å²) in [6, 6.07) is 2.19. The van der Waals surface area contributed by atoms with Crippen LogP contribution in [0, 0.1) is 13.8 Å². The van der Waals surface area contributed by atoms with Crippen molar-refractivity contribution in [2.75, 3.05) is 6.54 Å². The average Bonchev–Trinajstić information content (AvgIpc) is 2.89. The molecule has 2 heterocycles. The van der Waals surface area contributed by atoms with Gasteiger partial charge in [-0.2, -0.15) is 5.10 Å². The zero-order valence-corrected chi connectivity index (χ0v) is 10.7. The molecule has 17 heavy (non-hydrogen) atoms. The van der Waals surface area contributed by atoms with Crippen LogP contribution in [0.5, 0.6) is 0 Å². The van der Waals surface area contributed by atoms with Gasteiger partial charge in [-0.1, -0.05) is 0 Å². The summed E-state index contributed by atoms with van der Waals surface area (Å²) in [7, 11) is 0. The quantitative estimate of drug-likeness (QED) is 0.794. The fourth-order valence-corrected chi connectivity index (χ4v) is 1.99. The molecule has 0 bridgehead atoms. The number of hydrogen-bond donors (Lipinski definition) is 1. The Morgan fingerprint density at radius 3 is 2.76 bits per heavy atom. The van der Waals surface area contributed by atoms with Crippen molar-refractivity contribution in [1.29, 1.82) is 0 Å². The van der Waals surface area contributed by atoms with Crippen LogP contribution in [0.15, 0.2) is 6.07 Å². The standard InChI is InChI=1S/C12H19N3O2/c1-7-5-8(2)15(14-7)9(3)6-13-12(16)11-10(4)17-11/h5,9-11H,6H2,1-4H3,(H,13,16)/t9?,10-,11+/m0/s1. The van der Waals surface area contributed by atoms with Gasteiger partial charge in [-0.05, 0) is 33.8 Å². The van der Waals surface area contributed by atoms with Gasteiger partial charge in [0.1, 0.15) is 0 Å². The maximum atomic E-state index is 11.6. The van der Waals surface area contributed by atoms with E-state index in [1.807, 2.05) is 38.4 Å². The van der Waals surface area contributed by atoms with Crippen molar-refractivity contribution in [2.24, 2.45) is 0 Å². The van der Waals surface area contributed by atoms with Gasteiger partial charge in [0, 0.05) is 12.2 Å². The summed E-state index contributed by atoms with van der Waals surface area (Å²) >= 11 is 0. The Bertz CT molecular complexity index is 427. The molecule has 1 unspecified atom stereocenters. The lowest BCUT2D eigenvalue weighted by Gasteiger charge is -2.14. The van der Waals surface area contributed by atoms with E-state index in [1.165, 1.54) is 0 Å². The van der Waals surface area contributed by atoms with Crippen molar-refractivity contribution in [3.05, 3.63) is 17.5 Å². The molecule has 1 N–H and O–H groups in total. The summed E-state index contributed by atoms with van der Waals surface area (Å²) in [5, 5.41) is 7.28. The Balaban J connectivity index is 1.87. The van der Waals surface area contributed by atoms with Crippen molar-refractivity contribution >= 4 is 5.91 Å². The molecule has 1 aliphatic rings. The van der Waals surface area contributed by atoms with Crippen molar-refractivity contribution in [3.63, 3.8) is 0 Å². The second-order valence-electron chi connectivity index (χ2n) is 4.73. The minimum Gasteiger partial charge on any atom is -0.359 e. The highest BCUT2D eigenvalue weighted by molar-refractivity contribution is 5.83. The molecule has 0 spiro atoms. The number of epoxide rings is 1. The van der Waals surface area contributed by atoms with E-state index in [0.717, 1.165) is 11.4 Å². The zero-order valence-electron chi connectivity index (χ0n) is 10.7. The zero-order chi connectivity index (χ0) is 12.6. The Morgan fingerprint density at radius 2 is 2.29 bits per heavy atom. The third-order valence-electron chi connectivity index (χ3n) is 3.00. The first kappa shape index (κ1) is 12.1. The molecule has 2 rings (SSSR count). The summed E-state index contributed by atoms with van der Waals surface area (Å²) in [5.41, 5.74) is 2.11. The Morgan fingerprint density at radius 1 is 1.65 bits per heavy atom. The SMILES string of the molecule is Cc1cc(C)n(C(C)CNC(=O)[C@@H]2O[C@H]2C)n1. The predicted octanol–water partition coefficient (Wildman–Crippen LogP) is 0.964. The molecule has 1 aliphatic heterocycles. The molecule has 0 saturated carbocycles. The minimum absolute atomic E-state index is 0.0223. The molecule has 5 nitrogen and oxygen atoms in total. The summed E-state index contributed by atoms with van der Waals surface area (Å²) in [6.45, 7) is 8.50. The van der Waals surface area contributed by atoms with Gasteiger partial charge in [-0.25, -0.2) is 0 Å². The first-order chi connectivity index (χ1) is 7.99. The van der Waals surface area contributed by atoms with Crippen LogP contribution in [-0.2, 0) is 9.53 Å². The van der Waals surface area contributed by atoms with Crippen LogP contribution in [0.2, 0.25) is 0 Å². The van der Waals surface area contributed by atoms with Crippen molar-refractivity contribution < 1.29 is 9.53 Å². The summed E-state index contributed by atoms with van der Waals surface area (Å²) in [5.74, 6) is -0.0223. The highest BCUT2D eigenvalue weighted by atomic mass is 16.6. The second-order valence-corrected chi connectivity index (χ2v) is 4.73. The van der Waals surface area contributed by atoms with Gasteiger partial charge in [0.2, 0.25) is 0 Å². The topological polar surface area (TPSA) is 59.5 Å². The molecular weight excluding hydrogens is 218 g/mol. The number of nitrogens with zero attached hydrogens (tertiary/aromatic N) is 2. The number of aryl methyl sites for hydroxylation is 2. The van der Waals surface area contributed by atoms with Crippen LogP contribution < -0.4 is 5.32 Å². The molecule has 1 amide bonds. The Labute approximate surface area is 101 Å². The second kappa shape index (κ2) is 4.49. The third-order valence-corrected chi connectivity index (χ3v) is 3.00. The molecule has 0 aliphatic carbocycles. The summed E-state index contributed by atoms with van der Waals surface area (Å²) in [4.78, 5) is 11.6. The molecule has 94 valence electrons. The van der Waals surface area contributed by atoms with E-state index in [-0.39, 0.29) is 24.2 Å². The highest BCUT2D eigenvalue weighted by Gasteiger charge is 2.40. The lowest BCUT2D eigenvalue weighted by atomic mass is 10.3. The number of ether oxygens (including phenoxy) is 1. The van der Waals surface area contributed by atoms with Gasteiger partial charge in [-0.3, -0.25) is 9.48 Å². The highest BCUT2D eigenvalue weighted by Crippen LogP contribution is 2.20. The molecule has 3 atom stereocenters. The van der Waals surface area contributed by atoms with Gasteiger partial charge >= 0.3 is 0 Å². The first-order valence-electron chi connectivity index (χ1n) is 5.95. The minimum atomic E-state index is -0.248. The smallest absolute Gasteiger partial charge is 0.251 e. The van der Waals surface area contributed by atoms with E-state index >= 15 is 0 Å². The molecule has 1 fully saturated rings. The number of carbonyl (C=O) groups is 1. The lowest BCUT2D eigenvalue weighted by molar-refractivity contribution is -0.122. The maximum Gasteiger partial charge on any atom is 0.251 e.